The lowest BCUT2D eigenvalue weighted by Crippen LogP contribution is -2.37. The molecular weight excluding hydrogens is 533 g/mol. The number of halogens is 1. The van der Waals surface area contributed by atoms with Gasteiger partial charge in [-0.3, -0.25) is 9.13 Å². The number of hydrogen-bond acceptors (Lipinski definition) is 13. The number of nitrogen functional groups attached to an aromatic ring is 1. The number of fused-ring (bicyclic) bond motifs is 2. The predicted molar refractivity (Wildman–Crippen MR) is 130 cm³/mol. The van der Waals surface area contributed by atoms with Crippen molar-refractivity contribution in [2.45, 2.75) is 70.8 Å². The van der Waals surface area contributed by atoms with Crippen LogP contribution in [0.4, 0.5) is 5.82 Å². The third-order valence-electron chi connectivity index (χ3n) is 5.63. The van der Waals surface area contributed by atoms with Crippen LogP contribution in [0, 0.1) is 0 Å². The van der Waals surface area contributed by atoms with E-state index in [1.54, 1.807) is 39.2 Å². The van der Waals surface area contributed by atoms with Crippen LogP contribution < -0.4 is 5.73 Å². The fourth-order valence-electron chi connectivity index (χ4n) is 4.33. The molecule has 16 heteroatoms. The summed E-state index contributed by atoms with van der Waals surface area (Å²) in [5, 5.41) is -0.0509. The molecule has 2 aliphatic rings. The summed E-state index contributed by atoms with van der Waals surface area (Å²) < 4.78 is 55.1. The molecular formula is C21H31ClN5O9P. The summed E-state index contributed by atoms with van der Waals surface area (Å²) in [7, 11) is -4.02. The van der Waals surface area contributed by atoms with Gasteiger partial charge in [-0.05, 0) is 46.2 Å². The molecule has 2 N–H and O–H groups in total. The molecule has 0 bridgehead atoms. The van der Waals surface area contributed by atoms with Crippen LogP contribution in [0.25, 0.3) is 11.2 Å². The van der Waals surface area contributed by atoms with Crippen LogP contribution in [-0.2, 0) is 42.1 Å². The molecule has 0 saturated carbocycles. The second-order valence-electron chi connectivity index (χ2n) is 8.64. The van der Waals surface area contributed by atoms with Crippen molar-refractivity contribution >= 4 is 42.1 Å². The minimum absolute atomic E-state index is 0.0373. The van der Waals surface area contributed by atoms with Crippen LogP contribution >= 0.6 is 19.2 Å². The Kier molecular flexibility index (Phi) is 8.41. The van der Waals surface area contributed by atoms with Crippen molar-refractivity contribution in [3.63, 3.8) is 0 Å². The summed E-state index contributed by atoms with van der Waals surface area (Å²) in [5.74, 6) is -3.31. The number of carbonyl (C=O) groups excluding carboxylic acids is 1. The molecule has 5 atom stereocenters. The quantitative estimate of drug-likeness (QED) is 0.241. The van der Waals surface area contributed by atoms with Gasteiger partial charge in [-0.15, -0.1) is 0 Å². The molecule has 0 aromatic carbocycles. The van der Waals surface area contributed by atoms with Gasteiger partial charge in [-0.25, -0.2) is 9.78 Å². The van der Waals surface area contributed by atoms with E-state index >= 15 is 0 Å². The summed E-state index contributed by atoms with van der Waals surface area (Å²) >= 11 is 6.02. The molecule has 4 rings (SSSR count). The monoisotopic (exact) mass is 563 g/mol. The van der Waals surface area contributed by atoms with Crippen LogP contribution in [0.1, 0.15) is 40.8 Å². The zero-order valence-corrected chi connectivity index (χ0v) is 22.8. The number of aromatic nitrogens is 4. The fourth-order valence-corrected chi connectivity index (χ4v) is 6.17. The lowest BCUT2D eigenvalue weighted by Gasteiger charge is -2.27. The summed E-state index contributed by atoms with van der Waals surface area (Å²) in [6, 6.07) is 0. The Bertz CT molecular complexity index is 1170. The number of anilines is 1. The first-order chi connectivity index (χ1) is 17.5. The molecule has 2 aromatic heterocycles. The molecule has 2 fully saturated rings. The molecule has 2 aromatic rings. The van der Waals surface area contributed by atoms with Crippen LogP contribution in [0.2, 0.25) is 5.28 Å². The Labute approximate surface area is 218 Å². The number of hydrogen-bond donors (Lipinski definition) is 1. The van der Waals surface area contributed by atoms with Crippen molar-refractivity contribution < 1.29 is 42.1 Å². The zero-order valence-electron chi connectivity index (χ0n) is 21.2. The largest absolute Gasteiger partial charge is 0.464 e. The summed E-state index contributed by atoms with van der Waals surface area (Å²) in [6.07, 6.45) is -1.25. The van der Waals surface area contributed by atoms with Gasteiger partial charge in [0.25, 0.3) is 5.85 Å². The first-order valence-electron chi connectivity index (χ1n) is 11.9. The predicted octanol–water partition coefficient (Wildman–Crippen LogP) is 2.65. The number of rotatable bonds is 11. The van der Waals surface area contributed by atoms with E-state index in [2.05, 4.69) is 15.0 Å². The van der Waals surface area contributed by atoms with E-state index in [1.807, 2.05) is 0 Å². The molecule has 206 valence electrons. The standard InChI is InChI=1S/C21H31ClN5O9P/c1-6-30-18(28)19(37(29,32-7-2)33-8-3)31-9-11-13-14(36-21(4,5)35-13)17(34-11)27-10-24-12-15(23)25-20(22)26-16(12)27/h10-11,13-14,17,19H,6-9H2,1-5H3,(H2,23,25,26)/t11-,13-,14-,17-,19?/m1/s1. The summed E-state index contributed by atoms with van der Waals surface area (Å²) in [5.41, 5.74) is 6.64. The van der Waals surface area contributed by atoms with Gasteiger partial charge < -0.3 is 38.5 Å². The molecule has 14 nitrogen and oxygen atoms in total. The van der Waals surface area contributed by atoms with E-state index in [0.29, 0.717) is 11.2 Å². The van der Waals surface area contributed by atoms with Gasteiger partial charge in [0.05, 0.1) is 32.8 Å². The van der Waals surface area contributed by atoms with E-state index in [4.69, 9.17) is 50.1 Å². The van der Waals surface area contributed by atoms with Crippen molar-refractivity contribution in [1.29, 1.82) is 0 Å². The van der Waals surface area contributed by atoms with E-state index in [-0.39, 0.29) is 37.5 Å². The van der Waals surface area contributed by atoms with E-state index in [0.717, 1.165) is 0 Å². The zero-order chi connectivity index (χ0) is 27.0. The molecule has 2 saturated heterocycles. The number of imidazole rings is 1. The lowest BCUT2D eigenvalue weighted by molar-refractivity contribution is -0.203. The average Bonchev–Trinajstić information content (AvgIpc) is 3.45. The SMILES string of the molecule is CCOC(=O)C(OC[C@H]1O[C@@H](n2cnc3c(N)nc(Cl)nc32)[C@@H]2OC(C)(C)O[C@@H]21)P(=O)(OCC)OCC. The van der Waals surface area contributed by atoms with Gasteiger partial charge in [0.2, 0.25) is 5.28 Å². The fraction of sp³-hybridized carbons (Fsp3) is 0.714. The van der Waals surface area contributed by atoms with Crippen molar-refractivity contribution in [2.75, 3.05) is 32.2 Å². The van der Waals surface area contributed by atoms with Gasteiger partial charge in [0, 0.05) is 0 Å². The van der Waals surface area contributed by atoms with Crippen molar-refractivity contribution in [3.05, 3.63) is 11.6 Å². The molecule has 0 amide bonds. The van der Waals surface area contributed by atoms with Gasteiger partial charge in [-0.2, -0.15) is 9.97 Å². The Balaban J connectivity index is 1.62. The Morgan fingerprint density at radius 3 is 2.51 bits per heavy atom. The van der Waals surface area contributed by atoms with Crippen molar-refractivity contribution in [3.8, 4) is 0 Å². The summed E-state index contributed by atoms with van der Waals surface area (Å²) in [6.45, 7) is 8.34. The maximum absolute atomic E-state index is 13.4. The molecule has 4 heterocycles. The Hall–Kier alpha value is -1.90. The van der Waals surface area contributed by atoms with Crippen LogP contribution in [-0.4, -0.2) is 81.9 Å². The number of nitrogens with zero attached hydrogens (tertiary/aromatic N) is 4. The second-order valence-corrected chi connectivity index (χ2v) is 11.0. The Morgan fingerprint density at radius 1 is 1.19 bits per heavy atom. The van der Waals surface area contributed by atoms with E-state index < -0.39 is 49.7 Å². The van der Waals surface area contributed by atoms with Gasteiger partial charge >= 0.3 is 13.6 Å². The third-order valence-corrected chi connectivity index (χ3v) is 7.97. The molecule has 0 aliphatic carbocycles. The number of esters is 1. The maximum atomic E-state index is 13.4. The van der Waals surface area contributed by atoms with Gasteiger partial charge in [-0.1, -0.05) is 0 Å². The van der Waals surface area contributed by atoms with Gasteiger partial charge in [0.15, 0.2) is 23.5 Å². The third kappa shape index (κ3) is 5.62. The molecule has 0 radical (unpaired) electrons. The topological polar surface area (TPSA) is 168 Å². The number of nitrogens with two attached hydrogens (primary N) is 1. The minimum Gasteiger partial charge on any atom is -0.464 e. The average molecular weight is 564 g/mol. The molecule has 0 spiro atoms. The summed E-state index contributed by atoms with van der Waals surface area (Å²) in [4.78, 5) is 25.2. The van der Waals surface area contributed by atoms with Crippen molar-refractivity contribution in [2.24, 2.45) is 0 Å². The lowest BCUT2D eigenvalue weighted by atomic mass is 10.1. The molecule has 2 aliphatic heterocycles. The first kappa shape index (κ1) is 28.1. The normalized spacial score (nSPS) is 25.9. The number of ether oxygens (including phenoxy) is 5. The molecule has 1 unspecified atom stereocenters. The van der Waals surface area contributed by atoms with Crippen LogP contribution in [0.5, 0.6) is 0 Å². The van der Waals surface area contributed by atoms with E-state index in [1.165, 1.54) is 6.33 Å². The Morgan fingerprint density at radius 2 is 1.86 bits per heavy atom. The first-order valence-corrected chi connectivity index (χ1v) is 13.9. The van der Waals surface area contributed by atoms with Crippen LogP contribution in [0.15, 0.2) is 6.33 Å². The van der Waals surface area contributed by atoms with Crippen molar-refractivity contribution in [1.82, 2.24) is 19.5 Å². The van der Waals surface area contributed by atoms with E-state index in [9.17, 15) is 9.36 Å². The van der Waals surface area contributed by atoms with Gasteiger partial charge in [0.1, 0.15) is 23.8 Å². The smallest absolute Gasteiger partial charge is 0.370 e. The highest BCUT2D eigenvalue weighted by atomic mass is 35.5. The highest BCUT2D eigenvalue weighted by Crippen LogP contribution is 2.54. The maximum Gasteiger partial charge on any atom is 0.370 e. The highest BCUT2D eigenvalue weighted by Gasteiger charge is 2.57. The number of carbonyl (C=O) groups is 1. The minimum atomic E-state index is -4.02. The van der Waals surface area contributed by atoms with Crippen LogP contribution in [0.3, 0.4) is 0 Å². The highest BCUT2D eigenvalue weighted by molar-refractivity contribution is 7.55. The second kappa shape index (κ2) is 11.1. The molecule has 37 heavy (non-hydrogen) atoms.